The first-order chi connectivity index (χ1) is 13.0. The van der Waals surface area contributed by atoms with E-state index < -0.39 is 0 Å². The monoisotopic (exact) mass is 381 g/mol. The summed E-state index contributed by atoms with van der Waals surface area (Å²) in [5.74, 6) is -0.507. The van der Waals surface area contributed by atoms with E-state index in [4.69, 9.17) is 5.73 Å². The van der Waals surface area contributed by atoms with Gasteiger partial charge in [-0.3, -0.25) is 14.6 Å². The molecule has 2 amide bonds. The Kier molecular flexibility index (Phi) is 4.49. The number of hydrogen-bond acceptors (Lipinski definition) is 6. The van der Waals surface area contributed by atoms with Gasteiger partial charge >= 0.3 is 0 Å². The van der Waals surface area contributed by atoms with Gasteiger partial charge in [-0.2, -0.15) is 0 Å². The Morgan fingerprint density at radius 3 is 2.93 bits per heavy atom. The highest BCUT2D eigenvalue weighted by molar-refractivity contribution is 7.22. The van der Waals surface area contributed by atoms with Crippen LogP contribution in [0.25, 0.3) is 10.2 Å². The topological polar surface area (TPSA) is 101 Å². The van der Waals surface area contributed by atoms with Gasteiger partial charge in [-0.25, -0.2) is 4.98 Å². The van der Waals surface area contributed by atoms with E-state index in [1.54, 1.807) is 17.3 Å². The third-order valence-corrected chi connectivity index (χ3v) is 5.51. The maximum Gasteiger partial charge on any atom is 0.229 e. The van der Waals surface area contributed by atoms with Crippen molar-refractivity contribution >= 4 is 44.2 Å². The molecule has 1 atom stereocenters. The maximum absolute atomic E-state index is 12.7. The summed E-state index contributed by atoms with van der Waals surface area (Å²) < 4.78 is 0.935. The molecule has 0 aliphatic carbocycles. The number of nitrogen functional groups attached to an aromatic ring is 1. The van der Waals surface area contributed by atoms with Crippen molar-refractivity contribution in [3.8, 4) is 0 Å². The zero-order valence-corrected chi connectivity index (χ0v) is 15.6. The van der Waals surface area contributed by atoms with E-state index in [9.17, 15) is 9.59 Å². The lowest BCUT2D eigenvalue weighted by molar-refractivity contribution is -0.128. The minimum Gasteiger partial charge on any atom is -0.375 e. The third-order valence-electron chi connectivity index (χ3n) is 4.68. The van der Waals surface area contributed by atoms with Crippen LogP contribution in [0.5, 0.6) is 0 Å². The van der Waals surface area contributed by atoms with Gasteiger partial charge < -0.3 is 16.0 Å². The number of carbonyl (C=O) groups excluding carboxylic acids is 2. The summed E-state index contributed by atoms with van der Waals surface area (Å²) in [6, 6.07) is 7.50. The van der Waals surface area contributed by atoms with E-state index in [2.05, 4.69) is 15.3 Å². The minimum absolute atomic E-state index is 0.00572. The van der Waals surface area contributed by atoms with Gasteiger partial charge in [0.05, 0.1) is 16.1 Å². The van der Waals surface area contributed by atoms with Crippen molar-refractivity contribution in [3.63, 3.8) is 0 Å². The van der Waals surface area contributed by atoms with Crippen LogP contribution in [0.15, 0.2) is 36.7 Å². The molecular formula is C19H19N5O2S. The Labute approximate surface area is 160 Å². The number of aromatic nitrogens is 2. The van der Waals surface area contributed by atoms with Crippen molar-refractivity contribution in [1.82, 2.24) is 14.9 Å². The van der Waals surface area contributed by atoms with Gasteiger partial charge in [0.2, 0.25) is 11.8 Å². The largest absolute Gasteiger partial charge is 0.375 e. The number of pyridine rings is 1. The number of carbonyl (C=O) groups is 2. The molecule has 3 heterocycles. The van der Waals surface area contributed by atoms with E-state index in [1.807, 2.05) is 31.2 Å². The number of likely N-dealkylation sites (tertiary alicyclic amines) is 1. The number of anilines is 2. The summed E-state index contributed by atoms with van der Waals surface area (Å²) in [6.45, 7) is 2.85. The fourth-order valence-electron chi connectivity index (χ4n) is 3.34. The summed E-state index contributed by atoms with van der Waals surface area (Å²) in [4.78, 5) is 35.0. The lowest BCUT2D eigenvalue weighted by atomic mass is 10.1. The second-order valence-corrected chi connectivity index (χ2v) is 7.77. The van der Waals surface area contributed by atoms with Gasteiger partial charge in [-0.05, 0) is 42.3 Å². The van der Waals surface area contributed by atoms with Gasteiger partial charge in [0.1, 0.15) is 0 Å². The van der Waals surface area contributed by atoms with Crippen LogP contribution in [0.1, 0.15) is 17.5 Å². The van der Waals surface area contributed by atoms with Gasteiger partial charge in [0.25, 0.3) is 0 Å². The lowest BCUT2D eigenvalue weighted by Gasteiger charge is -2.16. The fraction of sp³-hybridized carbons (Fsp3) is 0.263. The van der Waals surface area contributed by atoms with Crippen LogP contribution < -0.4 is 11.1 Å². The first-order valence-corrected chi connectivity index (χ1v) is 9.45. The van der Waals surface area contributed by atoms with Gasteiger partial charge in [-0.1, -0.05) is 11.3 Å². The molecule has 0 radical (unpaired) electrons. The standard InChI is InChI=1S/C19H19N5O2S/c1-11-6-14(8-15-17(11)23-19(20)27-15)22-18(26)13-7-16(25)24(10-13)9-12-2-4-21-5-3-12/h2-6,8,13H,7,9-10H2,1H3,(H2,20,23)(H,22,26). The Balaban J connectivity index is 1.45. The van der Waals surface area contributed by atoms with Crippen LogP contribution >= 0.6 is 11.3 Å². The molecule has 3 aromatic rings. The molecular weight excluding hydrogens is 362 g/mol. The average molecular weight is 381 g/mol. The molecule has 3 N–H and O–H groups in total. The number of aryl methyl sites for hydroxylation is 1. The van der Waals surface area contributed by atoms with Crippen LogP contribution in [0.4, 0.5) is 10.8 Å². The van der Waals surface area contributed by atoms with Crippen LogP contribution in [-0.4, -0.2) is 33.2 Å². The summed E-state index contributed by atoms with van der Waals surface area (Å²) in [7, 11) is 0. The molecule has 1 saturated heterocycles. The Morgan fingerprint density at radius 1 is 1.37 bits per heavy atom. The van der Waals surface area contributed by atoms with Crippen molar-refractivity contribution in [2.24, 2.45) is 5.92 Å². The first-order valence-electron chi connectivity index (χ1n) is 8.64. The molecule has 2 aromatic heterocycles. The van der Waals surface area contributed by atoms with Crippen LogP contribution in [0.2, 0.25) is 0 Å². The van der Waals surface area contributed by atoms with Crippen LogP contribution in [-0.2, 0) is 16.1 Å². The second kappa shape index (κ2) is 6.96. The Morgan fingerprint density at radius 2 is 2.15 bits per heavy atom. The number of fused-ring (bicyclic) bond motifs is 1. The van der Waals surface area contributed by atoms with Gasteiger partial charge in [0.15, 0.2) is 5.13 Å². The number of thiazole rings is 1. The van der Waals surface area contributed by atoms with E-state index in [1.165, 1.54) is 11.3 Å². The van der Waals surface area contributed by atoms with Crippen molar-refractivity contribution < 1.29 is 9.59 Å². The summed E-state index contributed by atoms with van der Waals surface area (Å²) in [6.07, 6.45) is 3.63. The number of benzene rings is 1. The van der Waals surface area contributed by atoms with Crippen molar-refractivity contribution in [2.75, 3.05) is 17.6 Å². The molecule has 0 spiro atoms. The molecule has 7 nitrogen and oxygen atoms in total. The number of nitrogens with two attached hydrogens (primary N) is 1. The maximum atomic E-state index is 12.7. The first kappa shape index (κ1) is 17.4. The van der Waals surface area contributed by atoms with E-state index >= 15 is 0 Å². The molecule has 4 rings (SSSR count). The molecule has 1 unspecified atom stereocenters. The molecule has 1 fully saturated rings. The highest BCUT2D eigenvalue weighted by Crippen LogP contribution is 2.30. The molecule has 27 heavy (non-hydrogen) atoms. The zero-order valence-electron chi connectivity index (χ0n) is 14.8. The number of rotatable bonds is 4. The molecule has 138 valence electrons. The SMILES string of the molecule is Cc1cc(NC(=O)C2CC(=O)N(Cc3ccncc3)C2)cc2sc(N)nc12. The lowest BCUT2D eigenvalue weighted by Crippen LogP contribution is -2.28. The highest BCUT2D eigenvalue weighted by Gasteiger charge is 2.34. The van der Waals surface area contributed by atoms with E-state index in [0.29, 0.717) is 23.9 Å². The zero-order chi connectivity index (χ0) is 19.0. The van der Waals surface area contributed by atoms with Gasteiger partial charge in [-0.15, -0.1) is 0 Å². The average Bonchev–Trinajstić information content (AvgIpc) is 3.19. The van der Waals surface area contributed by atoms with Crippen LogP contribution in [0, 0.1) is 12.8 Å². The Hall–Kier alpha value is -3.00. The number of nitrogens with zero attached hydrogens (tertiary/aromatic N) is 3. The molecule has 1 aromatic carbocycles. The van der Waals surface area contributed by atoms with E-state index in [0.717, 1.165) is 21.3 Å². The highest BCUT2D eigenvalue weighted by atomic mass is 32.1. The summed E-state index contributed by atoms with van der Waals surface area (Å²) in [5, 5.41) is 3.45. The predicted molar refractivity (Wildman–Crippen MR) is 105 cm³/mol. The van der Waals surface area contributed by atoms with E-state index in [-0.39, 0.29) is 24.2 Å². The normalized spacial score (nSPS) is 16.9. The molecule has 0 saturated carbocycles. The van der Waals surface area contributed by atoms with Crippen molar-refractivity contribution in [3.05, 3.63) is 47.8 Å². The predicted octanol–water partition coefficient (Wildman–Crippen LogP) is 2.57. The number of nitrogens with one attached hydrogen (secondary N) is 1. The van der Waals surface area contributed by atoms with Crippen molar-refractivity contribution in [1.29, 1.82) is 0 Å². The quantitative estimate of drug-likeness (QED) is 0.723. The summed E-state index contributed by atoms with van der Waals surface area (Å²) >= 11 is 1.39. The molecule has 0 bridgehead atoms. The molecule has 1 aliphatic rings. The van der Waals surface area contributed by atoms with Crippen LogP contribution in [0.3, 0.4) is 0 Å². The second-order valence-electron chi connectivity index (χ2n) is 6.71. The smallest absolute Gasteiger partial charge is 0.229 e. The number of hydrogen-bond donors (Lipinski definition) is 2. The Bertz CT molecular complexity index is 1020. The third kappa shape index (κ3) is 3.61. The van der Waals surface area contributed by atoms with Gasteiger partial charge in [0, 0.05) is 37.6 Å². The summed E-state index contributed by atoms with van der Waals surface area (Å²) in [5.41, 5.74) is 9.30. The van der Waals surface area contributed by atoms with Crippen molar-refractivity contribution in [2.45, 2.75) is 19.9 Å². The number of amides is 2. The molecule has 1 aliphatic heterocycles. The minimum atomic E-state index is -0.359. The molecule has 8 heteroatoms. The fourth-order valence-corrected chi connectivity index (χ4v) is 4.19.